The molecule has 0 aliphatic heterocycles. The molecule has 1 rings (SSSR count). The minimum absolute atomic E-state index is 0.0200. The Kier molecular flexibility index (Phi) is 4.05. The Balaban J connectivity index is 2.70. The van der Waals surface area contributed by atoms with Gasteiger partial charge in [0.2, 0.25) is 0 Å². The highest BCUT2D eigenvalue weighted by molar-refractivity contribution is 5.87. The zero-order chi connectivity index (χ0) is 11.3. The Bertz CT molecular complexity index is 351. The van der Waals surface area contributed by atoms with Gasteiger partial charge in [-0.2, -0.15) is 0 Å². The van der Waals surface area contributed by atoms with E-state index in [-0.39, 0.29) is 18.1 Å². The van der Waals surface area contributed by atoms with E-state index in [1.54, 1.807) is 6.92 Å². The van der Waals surface area contributed by atoms with Crippen molar-refractivity contribution < 1.29 is 23.8 Å². The highest BCUT2D eigenvalue weighted by Crippen LogP contribution is 2.18. The largest absolute Gasteiger partial charge is 0.478 e. The summed E-state index contributed by atoms with van der Waals surface area (Å²) in [6.07, 6.45) is 0. The van der Waals surface area contributed by atoms with Gasteiger partial charge in [-0.25, -0.2) is 9.18 Å². The van der Waals surface area contributed by atoms with Crippen LogP contribution in [0.3, 0.4) is 0 Å². The molecule has 0 atom stereocenters. The summed E-state index contributed by atoms with van der Waals surface area (Å²) in [5, 5.41) is 8.58. The molecule has 0 fully saturated rings. The molecule has 0 radical (unpaired) electrons. The minimum atomic E-state index is -1.18. The second-order valence-corrected chi connectivity index (χ2v) is 2.71. The maximum atomic E-state index is 13.2. The number of carboxylic acid groups (broad SMARTS) is 1. The van der Waals surface area contributed by atoms with Gasteiger partial charge in [0.1, 0.15) is 0 Å². The van der Waals surface area contributed by atoms with Gasteiger partial charge in [0.05, 0.1) is 5.56 Å². The first kappa shape index (κ1) is 11.5. The second kappa shape index (κ2) is 5.31. The number of halogens is 1. The molecule has 0 unspecified atom stereocenters. The van der Waals surface area contributed by atoms with Gasteiger partial charge in [-0.05, 0) is 25.1 Å². The van der Waals surface area contributed by atoms with Crippen LogP contribution in [-0.4, -0.2) is 24.5 Å². The average molecular weight is 214 g/mol. The van der Waals surface area contributed by atoms with Crippen molar-refractivity contribution in [2.45, 2.75) is 6.92 Å². The number of carboxylic acids is 1. The Labute approximate surface area is 86.2 Å². The van der Waals surface area contributed by atoms with Crippen LogP contribution in [0.5, 0.6) is 5.75 Å². The summed E-state index contributed by atoms with van der Waals surface area (Å²) in [6.45, 7) is 2.20. The van der Waals surface area contributed by atoms with E-state index in [9.17, 15) is 9.18 Å². The SMILES string of the molecule is CCOCOc1ccc(C(=O)O)cc1F. The van der Waals surface area contributed by atoms with Gasteiger partial charge in [0.25, 0.3) is 0 Å². The fourth-order valence-corrected chi connectivity index (χ4v) is 0.939. The van der Waals surface area contributed by atoms with Crippen LogP contribution in [0.1, 0.15) is 17.3 Å². The number of rotatable bonds is 5. The number of hydrogen-bond acceptors (Lipinski definition) is 3. The predicted octanol–water partition coefficient (Wildman–Crippen LogP) is 1.90. The lowest BCUT2D eigenvalue weighted by Crippen LogP contribution is -2.04. The molecule has 0 amide bonds. The van der Waals surface area contributed by atoms with Crippen LogP contribution in [0.25, 0.3) is 0 Å². The third-order valence-electron chi connectivity index (χ3n) is 1.68. The monoisotopic (exact) mass is 214 g/mol. The van der Waals surface area contributed by atoms with E-state index in [1.807, 2.05) is 0 Å². The summed E-state index contributed by atoms with van der Waals surface area (Å²) >= 11 is 0. The van der Waals surface area contributed by atoms with E-state index in [2.05, 4.69) is 0 Å². The fourth-order valence-electron chi connectivity index (χ4n) is 0.939. The third-order valence-corrected chi connectivity index (χ3v) is 1.68. The van der Waals surface area contributed by atoms with Gasteiger partial charge < -0.3 is 14.6 Å². The van der Waals surface area contributed by atoms with Crippen molar-refractivity contribution in [2.24, 2.45) is 0 Å². The quantitative estimate of drug-likeness (QED) is 0.600. The molecule has 0 saturated carbocycles. The van der Waals surface area contributed by atoms with E-state index in [0.29, 0.717) is 6.61 Å². The first-order valence-electron chi connectivity index (χ1n) is 4.38. The molecule has 0 aliphatic carbocycles. The Morgan fingerprint density at radius 3 is 2.80 bits per heavy atom. The van der Waals surface area contributed by atoms with E-state index in [0.717, 1.165) is 6.07 Å². The third kappa shape index (κ3) is 3.21. The number of aromatic carboxylic acids is 1. The second-order valence-electron chi connectivity index (χ2n) is 2.71. The molecular formula is C10H11FO4. The lowest BCUT2D eigenvalue weighted by atomic mass is 10.2. The Morgan fingerprint density at radius 1 is 1.53 bits per heavy atom. The van der Waals surface area contributed by atoms with E-state index < -0.39 is 11.8 Å². The maximum absolute atomic E-state index is 13.2. The van der Waals surface area contributed by atoms with Crippen molar-refractivity contribution in [1.29, 1.82) is 0 Å². The lowest BCUT2D eigenvalue weighted by Gasteiger charge is -2.06. The van der Waals surface area contributed by atoms with Gasteiger partial charge in [0, 0.05) is 6.61 Å². The number of benzene rings is 1. The topological polar surface area (TPSA) is 55.8 Å². The highest BCUT2D eigenvalue weighted by Gasteiger charge is 2.08. The molecule has 82 valence electrons. The standard InChI is InChI=1S/C10H11FO4/c1-2-14-6-15-9-4-3-7(10(12)13)5-8(9)11/h3-5H,2,6H2,1H3,(H,12,13). The minimum Gasteiger partial charge on any atom is -0.478 e. The lowest BCUT2D eigenvalue weighted by molar-refractivity contribution is 0.0201. The van der Waals surface area contributed by atoms with Crippen LogP contribution < -0.4 is 4.74 Å². The van der Waals surface area contributed by atoms with Crippen LogP contribution in [0.4, 0.5) is 4.39 Å². The molecule has 0 spiro atoms. The van der Waals surface area contributed by atoms with Crippen LogP contribution in [-0.2, 0) is 4.74 Å². The maximum Gasteiger partial charge on any atom is 0.335 e. The van der Waals surface area contributed by atoms with Crippen LogP contribution in [0.15, 0.2) is 18.2 Å². The summed E-state index contributed by atoms with van der Waals surface area (Å²) in [4.78, 5) is 10.5. The van der Waals surface area contributed by atoms with Crippen LogP contribution in [0.2, 0.25) is 0 Å². The predicted molar refractivity (Wildman–Crippen MR) is 50.5 cm³/mol. The summed E-state index contributed by atoms with van der Waals surface area (Å²) in [5.74, 6) is -1.91. The molecule has 0 saturated heterocycles. The van der Waals surface area contributed by atoms with Gasteiger partial charge in [-0.1, -0.05) is 0 Å². The average Bonchev–Trinajstić information content (AvgIpc) is 2.20. The van der Waals surface area contributed by atoms with E-state index >= 15 is 0 Å². The number of hydrogen-bond donors (Lipinski definition) is 1. The molecule has 4 nitrogen and oxygen atoms in total. The first-order chi connectivity index (χ1) is 7.15. The van der Waals surface area contributed by atoms with Crippen molar-refractivity contribution in [2.75, 3.05) is 13.4 Å². The van der Waals surface area contributed by atoms with E-state index in [4.69, 9.17) is 14.6 Å². The van der Waals surface area contributed by atoms with Gasteiger partial charge in [-0.3, -0.25) is 0 Å². The molecular weight excluding hydrogens is 203 g/mol. The molecule has 0 aromatic heterocycles. The Morgan fingerprint density at radius 2 is 2.27 bits per heavy atom. The van der Waals surface area contributed by atoms with E-state index in [1.165, 1.54) is 12.1 Å². The van der Waals surface area contributed by atoms with Crippen molar-refractivity contribution in [3.63, 3.8) is 0 Å². The first-order valence-corrected chi connectivity index (χ1v) is 4.38. The molecule has 0 heterocycles. The molecule has 5 heteroatoms. The summed E-state index contributed by atoms with van der Waals surface area (Å²) in [5.41, 5.74) is -0.115. The highest BCUT2D eigenvalue weighted by atomic mass is 19.1. The smallest absolute Gasteiger partial charge is 0.335 e. The molecule has 0 bridgehead atoms. The molecule has 15 heavy (non-hydrogen) atoms. The normalized spacial score (nSPS) is 10.0. The van der Waals surface area contributed by atoms with Crippen molar-refractivity contribution in [1.82, 2.24) is 0 Å². The molecule has 1 N–H and O–H groups in total. The van der Waals surface area contributed by atoms with Crippen molar-refractivity contribution in [3.8, 4) is 5.75 Å². The molecule has 1 aromatic carbocycles. The van der Waals surface area contributed by atoms with Crippen LogP contribution in [0, 0.1) is 5.82 Å². The Hall–Kier alpha value is -1.62. The van der Waals surface area contributed by atoms with Crippen LogP contribution >= 0.6 is 0 Å². The van der Waals surface area contributed by atoms with Crippen molar-refractivity contribution in [3.05, 3.63) is 29.6 Å². The molecule has 0 aliphatic rings. The van der Waals surface area contributed by atoms with Gasteiger partial charge in [0.15, 0.2) is 18.4 Å². The number of carbonyl (C=O) groups is 1. The zero-order valence-electron chi connectivity index (χ0n) is 8.20. The molecule has 1 aromatic rings. The summed E-state index contributed by atoms with van der Waals surface area (Å²) in [6, 6.07) is 3.44. The van der Waals surface area contributed by atoms with Crippen molar-refractivity contribution >= 4 is 5.97 Å². The zero-order valence-corrected chi connectivity index (χ0v) is 8.20. The van der Waals surface area contributed by atoms with Gasteiger partial charge >= 0.3 is 5.97 Å². The summed E-state index contributed by atoms with van der Waals surface area (Å²) < 4.78 is 23.0. The van der Waals surface area contributed by atoms with Gasteiger partial charge in [-0.15, -0.1) is 0 Å². The summed E-state index contributed by atoms with van der Waals surface area (Å²) in [7, 11) is 0. The fraction of sp³-hybridized carbons (Fsp3) is 0.300. The number of ether oxygens (including phenoxy) is 2.